The molecule has 15 heteroatoms. The Hall–Kier alpha value is -3.23. The number of nitrogens with zero attached hydrogens (tertiary/aromatic N) is 5. The van der Waals surface area contributed by atoms with E-state index in [-0.39, 0.29) is 22.6 Å². The highest BCUT2D eigenvalue weighted by Gasteiger charge is 2.32. The van der Waals surface area contributed by atoms with Crippen LogP contribution in [0.25, 0.3) is 10.3 Å². The van der Waals surface area contributed by atoms with Crippen LogP contribution in [-0.2, 0) is 11.2 Å². The maximum absolute atomic E-state index is 12.5. The van der Waals surface area contributed by atoms with Gasteiger partial charge in [0.1, 0.15) is 5.75 Å². The molecule has 1 atom stereocenters. The second-order valence-corrected chi connectivity index (χ2v) is 10.2. The molecule has 1 fully saturated rings. The van der Waals surface area contributed by atoms with Crippen molar-refractivity contribution in [3.63, 3.8) is 0 Å². The van der Waals surface area contributed by atoms with E-state index in [0.29, 0.717) is 10.7 Å². The predicted octanol–water partition coefficient (Wildman–Crippen LogP) is 4.97. The van der Waals surface area contributed by atoms with E-state index < -0.39 is 18.0 Å². The third-order valence-corrected chi connectivity index (χ3v) is 7.35. The molecule has 2 N–H and O–H groups in total. The first kappa shape index (κ1) is 24.5. The summed E-state index contributed by atoms with van der Waals surface area (Å²) in [7, 11) is 0. The van der Waals surface area contributed by atoms with Crippen molar-refractivity contribution in [2.45, 2.75) is 25.2 Å². The molecule has 1 saturated heterocycles. The molecule has 3 aromatic heterocycles. The second-order valence-electron chi connectivity index (χ2n) is 7.85. The van der Waals surface area contributed by atoms with Crippen molar-refractivity contribution in [3.8, 4) is 5.75 Å². The number of alkyl halides is 3. The highest BCUT2D eigenvalue weighted by molar-refractivity contribution is 7.22. The molecule has 0 saturated carbocycles. The van der Waals surface area contributed by atoms with E-state index in [9.17, 15) is 18.0 Å². The van der Waals surface area contributed by atoms with Gasteiger partial charge in [-0.05, 0) is 36.2 Å². The van der Waals surface area contributed by atoms with E-state index in [1.165, 1.54) is 23.5 Å². The molecule has 0 bridgehead atoms. The third kappa shape index (κ3) is 5.94. The predicted molar refractivity (Wildman–Crippen MR) is 132 cm³/mol. The summed E-state index contributed by atoms with van der Waals surface area (Å²) in [5, 5.41) is 15.5. The minimum absolute atomic E-state index is 0.127. The average Bonchev–Trinajstić information content (AvgIpc) is 3.55. The van der Waals surface area contributed by atoms with Crippen LogP contribution in [0.5, 0.6) is 5.75 Å². The summed E-state index contributed by atoms with van der Waals surface area (Å²) in [6.07, 6.45) is -2.48. The molecule has 1 aliphatic rings. The van der Waals surface area contributed by atoms with Gasteiger partial charge in [0.25, 0.3) is 0 Å². The summed E-state index contributed by atoms with van der Waals surface area (Å²) in [5.41, 5.74) is 1.04. The van der Waals surface area contributed by atoms with E-state index in [4.69, 9.17) is 11.6 Å². The Morgan fingerprint density at radius 3 is 2.86 bits per heavy atom. The molecule has 0 aliphatic carbocycles. The zero-order chi connectivity index (χ0) is 25.3. The van der Waals surface area contributed by atoms with Gasteiger partial charge in [-0.25, -0.2) is 4.98 Å². The standard InChI is InChI=1S/C21H17ClF3N7O2S2/c22-13-4-3-11(8-14(13)34-21(23,24)25)9-16(33)28-19-31-30-18(36-19)27-12-5-7-32(10-12)20-29-17-15(35-20)2-1-6-26-17/h1-4,6,8,12H,5,7,9-10H2,(H,27,30)(H,28,31,33). The molecule has 1 unspecified atom stereocenters. The fourth-order valence-electron chi connectivity index (χ4n) is 3.66. The average molecular weight is 556 g/mol. The van der Waals surface area contributed by atoms with Crippen LogP contribution in [0, 0.1) is 0 Å². The molecule has 36 heavy (non-hydrogen) atoms. The van der Waals surface area contributed by atoms with Crippen LogP contribution < -0.4 is 20.3 Å². The number of carbonyl (C=O) groups excluding carboxylic acids is 1. The van der Waals surface area contributed by atoms with Crippen molar-refractivity contribution in [2.75, 3.05) is 28.6 Å². The molecule has 188 valence electrons. The molecule has 1 aliphatic heterocycles. The van der Waals surface area contributed by atoms with Crippen LogP contribution in [0.4, 0.5) is 28.6 Å². The number of thiazole rings is 1. The highest BCUT2D eigenvalue weighted by Crippen LogP contribution is 2.32. The van der Waals surface area contributed by atoms with Crippen molar-refractivity contribution in [3.05, 3.63) is 47.1 Å². The first-order valence-corrected chi connectivity index (χ1v) is 12.6. The van der Waals surface area contributed by atoms with Crippen molar-refractivity contribution >= 4 is 65.9 Å². The lowest BCUT2D eigenvalue weighted by Crippen LogP contribution is -2.25. The summed E-state index contributed by atoms with van der Waals surface area (Å²) in [5.74, 6) is -1.03. The smallest absolute Gasteiger partial charge is 0.404 e. The number of rotatable bonds is 7. The number of fused-ring (bicyclic) bond motifs is 1. The van der Waals surface area contributed by atoms with E-state index in [2.05, 4.69) is 40.4 Å². The number of benzene rings is 1. The van der Waals surface area contributed by atoms with Gasteiger partial charge in [-0.3, -0.25) is 4.79 Å². The number of hydrogen-bond donors (Lipinski definition) is 2. The molecule has 9 nitrogen and oxygen atoms in total. The minimum Gasteiger partial charge on any atom is -0.404 e. The second kappa shape index (κ2) is 10.0. The van der Waals surface area contributed by atoms with Crippen molar-refractivity contribution in [1.82, 2.24) is 20.2 Å². The quantitative estimate of drug-likeness (QED) is 0.329. The van der Waals surface area contributed by atoms with Gasteiger partial charge in [-0.15, -0.1) is 23.4 Å². The molecule has 1 amide bonds. The van der Waals surface area contributed by atoms with Gasteiger partial charge in [0.05, 0.1) is 16.1 Å². The Morgan fingerprint density at radius 1 is 1.22 bits per heavy atom. The zero-order valence-corrected chi connectivity index (χ0v) is 20.6. The largest absolute Gasteiger partial charge is 0.573 e. The van der Waals surface area contributed by atoms with Gasteiger partial charge < -0.3 is 20.3 Å². The lowest BCUT2D eigenvalue weighted by Gasteiger charge is -2.14. The van der Waals surface area contributed by atoms with Gasteiger partial charge in [0.2, 0.25) is 16.2 Å². The summed E-state index contributed by atoms with van der Waals surface area (Å²) in [4.78, 5) is 23.5. The van der Waals surface area contributed by atoms with E-state index >= 15 is 0 Å². The van der Waals surface area contributed by atoms with E-state index in [0.717, 1.165) is 41.1 Å². The summed E-state index contributed by atoms with van der Waals surface area (Å²) in [6, 6.07) is 7.78. The highest BCUT2D eigenvalue weighted by atomic mass is 35.5. The van der Waals surface area contributed by atoms with Crippen molar-refractivity contribution in [1.29, 1.82) is 0 Å². The zero-order valence-electron chi connectivity index (χ0n) is 18.3. The summed E-state index contributed by atoms with van der Waals surface area (Å²) in [6.45, 7) is 1.57. The number of amides is 1. The van der Waals surface area contributed by atoms with Crippen LogP contribution >= 0.6 is 34.3 Å². The number of pyridine rings is 1. The first-order chi connectivity index (χ1) is 17.2. The maximum atomic E-state index is 12.5. The first-order valence-electron chi connectivity index (χ1n) is 10.6. The number of ether oxygens (including phenoxy) is 1. The Labute approximate surface area is 215 Å². The number of aromatic nitrogens is 4. The van der Waals surface area contributed by atoms with Gasteiger partial charge >= 0.3 is 6.36 Å². The fourth-order valence-corrected chi connectivity index (χ4v) is 5.51. The van der Waals surface area contributed by atoms with Gasteiger partial charge in [0.15, 0.2) is 10.8 Å². The number of halogens is 4. The molecule has 4 heterocycles. The third-order valence-electron chi connectivity index (χ3n) is 5.20. The van der Waals surface area contributed by atoms with E-state index in [1.54, 1.807) is 17.5 Å². The van der Waals surface area contributed by atoms with Gasteiger partial charge in [-0.2, -0.15) is 4.98 Å². The normalized spacial score (nSPS) is 15.9. The molecule has 1 aromatic carbocycles. The van der Waals surface area contributed by atoms with Crippen LogP contribution in [0.15, 0.2) is 36.5 Å². The molecule has 0 spiro atoms. The molecular formula is C21H17ClF3N7O2S2. The Kier molecular flexibility index (Phi) is 6.81. The minimum atomic E-state index is -4.89. The number of nitrogens with one attached hydrogen (secondary N) is 2. The van der Waals surface area contributed by atoms with Crippen LogP contribution in [0.1, 0.15) is 12.0 Å². The molecule has 5 rings (SSSR count). The number of hydrogen-bond acceptors (Lipinski definition) is 10. The number of carbonyl (C=O) groups is 1. The molecule has 4 aromatic rings. The van der Waals surface area contributed by atoms with Crippen molar-refractivity contribution in [2.24, 2.45) is 0 Å². The van der Waals surface area contributed by atoms with Gasteiger partial charge in [-0.1, -0.05) is 40.3 Å². The van der Waals surface area contributed by atoms with Crippen LogP contribution in [0.2, 0.25) is 5.02 Å². The topological polar surface area (TPSA) is 105 Å². The lowest BCUT2D eigenvalue weighted by molar-refractivity contribution is -0.274. The maximum Gasteiger partial charge on any atom is 0.573 e. The Balaban J connectivity index is 1.15. The summed E-state index contributed by atoms with van der Waals surface area (Å²) < 4.78 is 42.5. The van der Waals surface area contributed by atoms with Crippen LogP contribution in [-0.4, -0.2) is 51.6 Å². The van der Waals surface area contributed by atoms with Crippen LogP contribution in [0.3, 0.4) is 0 Å². The monoisotopic (exact) mass is 555 g/mol. The molecular weight excluding hydrogens is 539 g/mol. The lowest BCUT2D eigenvalue weighted by atomic mass is 10.1. The van der Waals surface area contributed by atoms with Crippen molar-refractivity contribution < 1.29 is 22.7 Å². The SMILES string of the molecule is O=C(Cc1ccc(Cl)c(OC(F)(F)F)c1)Nc1nnc(NC2CCN(c3nc4ncccc4s3)C2)s1. The van der Waals surface area contributed by atoms with Gasteiger partial charge in [0, 0.05) is 25.3 Å². The summed E-state index contributed by atoms with van der Waals surface area (Å²) >= 11 is 8.52. The number of anilines is 3. The fraction of sp³-hybridized carbons (Fsp3) is 0.286. The molecule has 0 radical (unpaired) electrons. The Bertz CT molecular complexity index is 1360. The Morgan fingerprint density at radius 2 is 2.06 bits per heavy atom. The van der Waals surface area contributed by atoms with E-state index in [1.807, 2.05) is 12.1 Å².